The third-order valence-electron chi connectivity index (χ3n) is 3.25. The highest BCUT2D eigenvalue weighted by atomic mass is 19.4. The van der Waals surface area contributed by atoms with Crippen LogP contribution in [0.5, 0.6) is 0 Å². The summed E-state index contributed by atoms with van der Waals surface area (Å²) in [4.78, 5) is 34.6. The number of esters is 1. The standard InChI is InChI=1S/C17H12F3NO4/c18-17(19,20)13-3-1-2-12(8-13)14(22)9-25-16(24)11-6-4-10(5-7-11)15(21)23/h1-8H,9H2,(H2,21,23). The van der Waals surface area contributed by atoms with Crippen LogP contribution in [0, 0.1) is 0 Å². The number of hydrogen-bond donors (Lipinski definition) is 1. The molecule has 2 aromatic rings. The fourth-order valence-corrected chi connectivity index (χ4v) is 1.94. The second kappa shape index (κ2) is 7.16. The number of carbonyl (C=O) groups is 3. The minimum absolute atomic E-state index is 0.0712. The first-order chi connectivity index (χ1) is 11.7. The Balaban J connectivity index is 2.02. The molecule has 0 aliphatic rings. The molecule has 0 fully saturated rings. The lowest BCUT2D eigenvalue weighted by molar-refractivity contribution is -0.137. The Morgan fingerprint density at radius 2 is 1.52 bits per heavy atom. The van der Waals surface area contributed by atoms with E-state index < -0.39 is 36.0 Å². The Kier molecular flexibility index (Phi) is 5.21. The topological polar surface area (TPSA) is 86.5 Å². The number of halogens is 3. The van der Waals surface area contributed by atoms with E-state index in [4.69, 9.17) is 10.5 Å². The van der Waals surface area contributed by atoms with Gasteiger partial charge in [-0.15, -0.1) is 0 Å². The molecule has 0 bridgehead atoms. The Bertz CT molecular complexity index is 813. The van der Waals surface area contributed by atoms with Crippen molar-refractivity contribution in [2.75, 3.05) is 6.61 Å². The average Bonchev–Trinajstić information content (AvgIpc) is 2.58. The fourth-order valence-electron chi connectivity index (χ4n) is 1.94. The molecule has 0 spiro atoms. The minimum atomic E-state index is -4.57. The molecule has 0 radical (unpaired) electrons. The van der Waals surface area contributed by atoms with Crippen LogP contribution in [0.25, 0.3) is 0 Å². The molecular formula is C17H12F3NO4. The summed E-state index contributed by atoms with van der Waals surface area (Å²) in [5.41, 5.74) is 4.15. The molecule has 25 heavy (non-hydrogen) atoms. The van der Waals surface area contributed by atoms with Gasteiger partial charge in [0.2, 0.25) is 5.91 Å². The van der Waals surface area contributed by atoms with E-state index in [0.717, 1.165) is 12.1 Å². The van der Waals surface area contributed by atoms with Crippen LogP contribution in [0.15, 0.2) is 48.5 Å². The van der Waals surface area contributed by atoms with Crippen LogP contribution in [0.1, 0.15) is 36.6 Å². The molecule has 0 aromatic heterocycles. The van der Waals surface area contributed by atoms with E-state index in [1.807, 2.05) is 0 Å². The molecule has 5 nitrogen and oxygen atoms in total. The molecule has 0 saturated carbocycles. The third kappa shape index (κ3) is 4.66. The normalized spacial score (nSPS) is 11.0. The van der Waals surface area contributed by atoms with Crippen molar-refractivity contribution < 1.29 is 32.3 Å². The maximum absolute atomic E-state index is 12.6. The van der Waals surface area contributed by atoms with Gasteiger partial charge in [-0.25, -0.2) is 4.79 Å². The first-order valence-electron chi connectivity index (χ1n) is 6.96. The monoisotopic (exact) mass is 351 g/mol. The lowest BCUT2D eigenvalue weighted by Gasteiger charge is -2.08. The van der Waals surface area contributed by atoms with E-state index in [2.05, 4.69) is 0 Å². The predicted octanol–water partition coefficient (Wildman–Crippen LogP) is 2.84. The van der Waals surface area contributed by atoms with Crippen molar-refractivity contribution >= 4 is 17.7 Å². The maximum Gasteiger partial charge on any atom is 0.416 e. The van der Waals surface area contributed by atoms with Crippen LogP contribution in [-0.2, 0) is 10.9 Å². The van der Waals surface area contributed by atoms with E-state index in [0.29, 0.717) is 6.07 Å². The number of primary amides is 1. The van der Waals surface area contributed by atoms with Gasteiger partial charge in [0.15, 0.2) is 12.4 Å². The average molecular weight is 351 g/mol. The summed E-state index contributed by atoms with van der Waals surface area (Å²) < 4.78 is 42.7. The lowest BCUT2D eigenvalue weighted by Crippen LogP contribution is -2.16. The molecule has 2 aromatic carbocycles. The molecular weight excluding hydrogens is 339 g/mol. The van der Waals surface area contributed by atoms with Crippen molar-refractivity contribution in [2.24, 2.45) is 5.73 Å². The Morgan fingerprint density at radius 3 is 2.08 bits per heavy atom. The van der Waals surface area contributed by atoms with E-state index in [1.54, 1.807) is 0 Å². The number of ketones is 1. The quantitative estimate of drug-likeness (QED) is 0.663. The molecule has 0 saturated heterocycles. The summed E-state index contributed by atoms with van der Waals surface area (Å²) in [6.45, 7) is -0.711. The molecule has 130 valence electrons. The summed E-state index contributed by atoms with van der Waals surface area (Å²) in [6.07, 6.45) is -4.57. The van der Waals surface area contributed by atoms with Crippen molar-refractivity contribution in [1.82, 2.24) is 0 Å². The highest BCUT2D eigenvalue weighted by molar-refractivity contribution is 6.00. The van der Waals surface area contributed by atoms with Crippen LogP contribution in [0.3, 0.4) is 0 Å². The van der Waals surface area contributed by atoms with Gasteiger partial charge in [0.25, 0.3) is 0 Å². The van der Waals surface area contributed by atoms with Gasteiger partial charge in [0, 0.05) is 11.1 Å². The highest BCUT2D eigenvalue weighted by Crippen LogP contribution is 2.29. The number of hydrogen-bond acceptors (Lipinski definition) is 4. The SMILES string of the molecule is NC(=O)c1ccc(C(=O)OCC(=O)c2cccc(C(F)(F)F)c2)cc1. The lowest BCUT2D eigenvalue weighted by atomic mass is 10.1. The first-order valence-corrected chi connectivity index (χ1v) is 6.96. The van der Waals surface area contributed by atoms with Crippen LogP contribution >= 0.6 is 0 Å². The number of alkyl halides is 3. The zero-order valence-electron chi connectivity index (χ0n) is 12.7. The summed E-state index contributed by atoms with van der Waals surface area (Å²) in [5, 5.41) is 0. The Hall–Kier alpha value is -3.16. The van der Waals surface area contributed by atoms with E-state index in [-0.39, 0.29) is 16.7 Å². The van der Waals surface area contributed by atoms with E-state index in [9.17, 15) is 27.6 Å². The van der Waals surface area contributed by atoms with Crippen molar-refractivity contribution in [3.05, 3.63) is 70.8 Å². The van der Waals surface area contributed by atoms with Gasteiger partial charge in [-0.2, -0.15) is 13.2 Å². The van der Waals surface area contributed by atoms with E-state index >= 15 is 0 Å². The molecule has 0 aliphatic heterocycles. The third-order valence-corrected chi connectivity index (χ3v) is 3.25. The summed E-state index contributed by atoms with van der Waals surface area (Å²) in [5.74, 6) is -2.29. The fraction of sp³-hybridized carbons (Fsp3) is 0.118. The maximum atomic E-state index is 12.6. The van der Waals surface area contributed by atoms with E-state index in [1.165, 1.54) is 30.3 Å². The second-order valence-electron chi connectivity index (χ2n) is 5.02. The van der Waals surface area contributed by atoms with Gasteiger partial charge in [0.1, 0.15) is 0 Å². The number of amides is 1. The van der Waals surface area contributed by atoms with Crippen LogP contribution in [0.2, 0.25) is 0 Å². The summed E-state index contributed by atoms with van der Waals surface area (Å²) in [7, 11) is 0. The van der Waals surface area contributed by atoms with Crippen molar-refractivity contribution in [2.45, 2.75) is 6.18 Å². The van der Waals surface area contributed by atoms with Crippen LogP contribution < -0.4 is 5.73 Å². The predicted molar refractivity (Wildman–Crippen MR) is 81.0 cm³/mol. The highest BCUT2D eigenvalue weighted by Gasteiger charge is 2.30. The number of ether oxygens (including phenoxy) is 1. The number of rotatable bonds is 5. The Labute approximate surface area is 140 Å². The molecule has 8 heteroatoms. The molecule has 0 aliphatic carbocycles. The molecule has 0 atom stereocenters. The smallest absolute Gasteiger partial charge is 0.416 e. The molecule has 0 heterocycles. The van der Waals surface area contributed by atoms with Gasteiger partial charge in [-0.3, -0.25) is 9.59 Å². The van der Waals surface area contributed by atoms with Crippen LogP contribution in [0.4, 0.5) is 13.2 Å². The number of nitrogens with two attached hydrogens (primary N) is 1. The zero-order valence-corrected chi connectivity index (χ0v) is 12.7. The van der Waals surface area contributed by atoms with Gasteiger partial charge in [-0.1, -0.05) is 12.1 Å². The van der Waals surface area contributed by atoms with Crippen molar-refractivity contribution in [1.29, 1.82) is 0 Å². The van der Waals surface area contributed by atoms with Crippen LogP contribution in [-0.4, -0.2) is 24.3 Å². The van der Waals surface area contributed by atoms with Gasteiger partial charge < -0.3 is 10.5 Å². The van der Waals surface area contributed by atoms with Gasteiger partial charge in [-0.05, 0) is 36.4 Å². The number of carbonyl (C=O) groups excluding carboxylic acids is 3. The Morgan fingerprint density at radius 1 is 0.920 bits per heavy atom. The minimum Gasteiger partial charge on any atom is -0.454 e. The number of benzene rings is 2. The van der Waals surface area contributed by atoms with Gasteiger partial charge >= 0.3 is 12.1 Å². The zero-order chi connectivity index (χ0) is 18.6. The largest absolute Gasteiger partial charge is 0.454 e. The molecule has 0 unspecified atom stereocenters. The molecule has 2 rings (SSSR count). The summed E-state index contributed by atoms with van der Waals surface area (Å²) in [6, 6.07) is 9.03. The second-order valence-corrected chi connectivity index (χ2v) is 5.02. The molecule has 1 amide bonds. The molecule has 2 N–H and O–H groups in total. The van der Waals surface area contributed by atoms with Crippen molar-refractivity contribution in [3.8, 4) is 0 Å². The van der Waals surface area contributed by atoms with Gasteiger partial charge in [0.05, 0.1) is 11.1 Å². The van der Waals surface area contributed by atoms with Crippen molar-refractivity contribution in [3.63, 3.8) is 0 Å². The number of Topliss-reactive ketones (excluding diaryl/α,β-unsaturated/α-hetero) is 1. The first kappa shape index (κ1) is 18.2. The summed E-state index contributed by atoms with van der Waals surface area (Å²) >= 11 is 0.